The normalized spacial score (nSPS) is 11.0. The van der Waals surface area contributed by atoms with Gasteiger partial charge in [-0.15, -0.1) is 0 Å². The van der Waals surface area contributed by atoms with E-state index >= 15 is 0 Å². The third-order valence-corrected chi connectivity index (χ3v) is 6.88. The minimum atomic E-state index is -0.984. The highest BCUT2D eigenvalue weighted by atomic mass is 79.9. The maximum Gasteiger partial charge on any atom is 0.352 e. The highest BCUT2D eigenvalue weighted by Crippen LogP contribution is 2.43. The molecule has 0 unspecified atom stereocenters. The molecule has 2 rings (SSSR count). The van der Waals surface area contributed by atoms with E-state index in [9.17, 15) is 4.79 Å². The van der Waals surface area contributed by atoms with Crippen molar-refractivity contribution < 1.29 is 9.90 Å². The molecule has 0 aliphatic carbocycles. The van der Waals surface area contributed by atoms with Gasteiger partial charge in [0, 0.05) is 18.8 Å². The fourth-order valence-electron chi connectivity index (χ4n) is 1.34. The number of nitrogens with one attached hydrogen (secondary N) is 1. The molecule has 1 heterocycles. The first kappa shape index (κ1) is 12.6. The first-order chi connectivity index (χ1) is 7.43. The van der Waals surface area contributed by atoms with Gasteiger partial charge in [0.05, 0.1) is 9.99 Å². The van der Waals surface area contributed by atoms with Crippen LogP contribution in [0.3, 0.4) is 0 Å². The van der Waals surface area contributed by atoms with Crippen molar-refractivity contribution in [3.63, 3.8) is 0 Å². The summed E-state index contributed by atoms with van der Waals surface area (Å²) >= 11 is 13.6. The van der Waals surface area contributed by atoms with E-state index in [1.54, 1.807) is 6.07 Å². The van der Waals surface area contributed by atoms with Gasteiger partial charge in [0.1, 0.15) is 5.69 Å². The van der Waals surface area contributed by atoms with Crippen LogP contribution in [-0.2, 0) is 0 Å². The van der Waals surface area contributed by atoms with Gasteiger partial charge >= 0.3 is 5.97 Å². The second-order valence-corrected chi connectivity index (χ2v) is 6.20. The lowest BCUT2D eigenvalue weighted by Gasteiger charge is -2.04. The lowest BCUT2D eigenvalue weighted by Crippen LogP contribution is -1.94. The molecule has 0 spiro atoms. The summed E-state index contributed by atoms with van der Waals surface area (Å²) in [6, 6.07) is 1.59. The van der Waals surface area contributed by atoms with Crippen molar-refractivity contribution in [1.82, 2.24) is 4.98 Å². The largest absolute Gasteiger partial charge is 0.477 e. The van der Waals surface area contributed by atoms with E-state index in [2.05, 4.69) is 68.7 Å². The van der Waals surface area contributed by atoms with E-state index in [0.29, 0.717) is 0 Å². The molecule has 7 heteroatoms. The summed E-state index contributed by atoms with van der Waals surface area (Å²) < 4.78 is 3.25. The van der Waals surface area contributed by atoms with Gasteiger partial charge in [-0.05, 0) is 69.8 Å². The summed E-state index contributed by atoms with van der Waals surface area (Å²) in [4.78, 5) is 13.7. The van der Waals surface area contributed by atoms with Crippen LogP contribution in [0.15, 0.2) is 24.0 Å². The molecule has 3 nitrogen and oxygen atoms in total. The Morgan fingerprint density at radius 2 is 1.62 bits per heavy atom. The number of aromatic nitrogens is 1. The van der Waals surface area contributed by atoms with E-state index in [1.165, 1.54) is 0 Å². The fraction of sp³-hybridized carbons (Fsp3) is 0. The van der Waals surface area contributed by atoms with E-state index in [-0.39, 0.29) is 5.69 Å². The topological polar surface area (TPSA) is 53.1 Å². The standard InChI is InChI=1S/C9H3Br4NO2/c10-4-2-1-3(9(15)16)14-8(2)7(13)6(12)5(4)11/h1,14H,(H,15,16). The molecule has 1 aromatic heterocycles. The van der Waals surface area contributed by atoms with Crippen LogP contribution in [0.1, 0.15) is 10.5 Å². The van der Waals surface area contributed by atoms with Crippen molar-refractivity contribution in [2.24, 2.45) is 0 Å². The highest BCUT2D eigenvalue weighted by Gasteiger charge is 2.17. The average molecular weight is 477 g/mol. The summed E-state index contributed by atoms with van der Waals surface area (Å²) in [5.74, 6) is -0.984. The first-order valence-electron chi connectivity index (χ1n) is 4.01. The summed E-state index contributed by atoms with van der Waals surface area (Å²) in [7, 11) is 0. The summed E-state index contributed by atoms with van der Waals surface area (Å²) in [5.41, 5.74) is 0.890. The Hall–Kier alpha value is 0.150. The predicted molar refractivity (Wildman–Crippen MR) is 76.1 cm³/mol. The Kier molecular flexibility index (Phi) is 3.49. The SMILES string of the molecule is O=C(O)c1cc2c(Br)c(Br)c(Br)c(Br)c2[nH]1. The average Bonchev–Trinajstić information content (AvgIpc) is 2.68. The zero-order chi connectivity index (χ0) is 12.0. The van der Waals surface area contributed by atoms with Crippen molar-refractivity contribution in [2.45, 2.75) is 0 Å². The molecule has 2 aromatic rings. The maximum absolute atomic E-state index is 10.9. The molecule has 0 saturated heterocycles. The quantitative estimate of drug-likeness (QED) is 0.454. The lowest BCUT2D eigenvalue weighted by molar-refractivity contribution is 0.0691. The Bertz CT molecular complexity index is 560. The highest BCUT2D eigenvalue weighted by molar-refractivity contribution is 9.15. The van der Waals surface area contributed by atoms with Crippen LogP contribution in [0.2, 0.25) is 0 Å². The molecule has 0 radical (unpaired) electrons. The number of benzene rings is 1. The van der Waals surface area contributed by atoms with Gasteiger partial charge in [-0.3, -0.25) is 0 Å². The molecule has 84 valence electrons. The van der Waals surface area contributed by atoms with Crippen molar-refractivity contribution >= 4 is 80.6 Å². The van der Waals surface area contributed by atoms with Crippen LogP contribution in [0.5, 0.6) is 0 Å². The summed E-state index contributed by atoms with van der Waals surface area (Å²) in [5, 5.41) is 9.73. The van der Waals surface area contributed by atoms with Crippen LogP contribution in [0.4, 0.5) is 0 Å². The van der Waals surface area contributed by atoms with Crippen molar-refractivity contribution in [3.05, 3.63) is 29.7 Å². The van der Waals surface area contributed by atoms with E-state index in [1.807, 2.05) is 0 Å². The second-order valence-electron chi connectivity index (χ2n) is 3.03. The number of halogens is 4. The van der Waals surface area contributed by atoms with E-state index in [0.717, 1.165) is 28.8 Å². The zero-order valence-corrected chi connectivity index (χ0v) is 13.8. The lowest BCUT2D eigenvalue weighted by atomic mass is 10.2. The van der Waals surface area contributed by atoms with Crippen LogP contribution >= 0.6 is 63.7 Å². The van der Waals surface area contributed by atoms with Gasteiger partial charge in [0.2, 0.25) is 0 Å². The Balaban J connectivity index is 2.92. The molecule has 0 amide bonds. The van der Waals surface area contributed by atoms with E-state index < -0.39 is 5.97 Å². The molecule has 1 aromatic carbocycles. The third-order valence-electron chi connectivity index (χ3n) is 2.08. The number of hydrogen-bond acceptors (Lipinski definition) is 1. The van der Waals surface area contributed by atoms with Crippen LogP contribution < -0.4 is 0 Å². The number of aromatic carboxylic acids is 1. The monoisotopic (exact) mass is 473 g/mol. The molecular weight excluding hydrogens is 474 g/mol. The second kappa shape index (κ2) is 4.44. The molecular formula is C9H3Br4NO2. The molecule has 0 fully saturated rings. The Morgan fingerprint density at radius 1 is 1.06 bits per heavy atom. The molecule has 0 aliphatic heterocycles. The minimum Gasteiger partial charge on any atom is -0.477 e. The molecule has 0 aliphatic rings. The molecule has 2 N–H and O–H groups in total. The zero-order valence-electron chi connectivity index (χ0n) is 7.44. The third kappa shape index (κ3) is 1.87. The number of aromatic amines is 1. The van der Waals surface area contributed by atoms with Crippen LogP contribution in [0.25, 0.3) is 10.9 Å². The molecule has 0 atom stereocenters. The van der Waals surface area contributed by atoms with Gasteiger partial charge in [-0.2, -0.15) is 0 Å². The fourth-order valence-corrected chi connectivity index (χ4v) is 3.70. The number of H-pyrrole nitrogens is 1. The van der Waals surface area contributed by atoms with Crippen molar-refractivity contribution in [3.8, 4) is 0 Å². The summed E-state index contributed by atoms with van der Waals surface area (Å²) in [6.45, 7) is 0. The van der Waals surface area contributed by atoms with Gasteiger partial charge < -0.3 is 10.1 Å². The molecule has 0 bridgehead atoms. The number of carbonyl (C=O) groups is 1. The molecule has 16 heavy (non-hydrogen) atoms. The number of fused-ring (bicyclic) bond motifs is 1. The number of carboxylic acids is 1. The Labute approximate surface area is 124 Å². The van der Waals surface area contributed by atoms with Crippen molar-refractivity contribution in [2.75, 3.05) is 0 Å². The smallest absolute Gasteiger partial charge is 0.352 e. The van der Waals surface area contributed by atoms with Gasteiger partial charge in [0.15, 0.2) is 0 Å². The predicted octanol–water partition coefficient (Wildman–Crippen LogP) is 4.92. The summed E-state index contributed by atoms with van der Waals surface area (Å²) in [6.07, 6.45) is 0. The van der Waals surface area contributed by atoms with Crippen LogP contribution in [-0.4, -0.2) is 16.1 Å². The van der Waals surface area contributed by atoms with Gasteiger partial charge in [-0.1, -0.05) is 0 Å². The van der Waals surface area contributed by atoms with Crippen LogP contribution in [0, 0.1) is 0 Å². The van der Waals surface area contributed by atoms with E-state index in [4.69, 9.17) is 5.11 Å². The van der Waals surface area contributed by atoms with Gasteiger partial charge in [-0.25, -0.2) is 4.79 Å². The number of carboxylic acid groups (broad SMARTS) is 1. The minimum absolute atomic E-state index is 0.154. The number of hydrogen-bond donors (Lipinski definition) is 2. The maximum atomic E-state index is 10.9. The number of rotatable bonds is 1. The van der Waals surface area contributed by atoms with Gasteiger partial charge in [0.25, 0.3) is 0 Å². The van der Waals surface area contributed by atoms with Crippen molar-refractivity contribution in [1.29, 1.82) is 0 Å². The molecule has 0 saturated carbocycles. The first-order valence-corrected chi connectivity index (χ1v) is 7.18. The Morgan fingerprint density at radius 3 is 2.19 bits per heavy atom.